The highest BCUT2D eigenvalue weighted by molar-refractivity contribution is 5.76. The maximum absolute atomic E-state index is 12.4. The Bertz CT molecular complexity index is 1270. The SMILES string of the molecule is CCCCCCCCCCC/C=C/C(O)C(CO)NC(=O)CCCCCCCCCCCCCCCCCCC/C=C\CCCCCCCCCCCCCCCCCCCCOC(=O)CCCCCCCCCCCCCCCC. The number of aliphatic hydroxyl groups excluding tert-OH is 2. The van der Waals surface area contributed by atoms with Crippen molar-refractivity contribution in [3.63, 3.8) is 0 Å². The molecular weight excluding hydrogens is 995 g/mol. The second kappa shape index (κ2) is 70.8. The van der Waals surface area contributed by atoms with Crippen molar-refractivity contribution in [1.82, 2.24) is 5.32 Å². The van der Waals surface area contributed by atoms with Crippen LogP contribution < -0.4 is 5.32 Å². The molecule has 2 atom stereocenters. The van der Waals surface area contributed by atoms with Crippen LogP contribution in [0.5, 0.6) is 0 Å². The molecule has 0 radical (unpaired) electrons. The maximum Gasteiger partial charge on any atom is 0.305 e. The molecule has 0 aromatic carbocycles. The summed E-state index contributed by atoms with van der Waals surface area (Å²) in [5.41, 5.74) is 0. The number of ether oxygens (including phenoxy) is 1. The van der Waals surface area contributed by atoms with E-state index in [1.165, 1.54) is 353 Å². The van der Waals surface area contributed by atoms with E-state index in [0.29, 0.717) is 19.4 Å². The standard InChI is InChI=1S/C75H145NO5/c1-3-5-7-9-11-13-15-16-45-49-53-57-61-65-69-75(80)81-70-66-62-58-54-50-46-43-41-39-37-35-33-31-29-27-25-23-21-19-17-18-20-22-24-26-28-30-32-34-36-38-40-42-44-48-52-56-60-64-68-74(79)76-72(71-77)73(78)67-63-59-55-51-47-14-12-10-8-6-4-2/h17-18,63,67,72-73,77-78H,3-16,19-62,64-66,68-71H2,1-2H3,(H,76,79)/b18-17-,67-63+. The molecule has 0 saturated carbocycles. The third-order valence-electron chi connectivity index (χ3n) is 17.5. The molecular formula is C75H145NO5. The molecule has 0 aromatic heterocycles. The zero-order chi connectivity index (χ0) is 58.5. The van der Waals surface area contributed by atoms with Gasteiger partial charge in [-0.15, -0.1) is 0 Å². The molecule has 0 aliphatic rings. The smallest absolute Gasteiger partial charge is 0.305 e. The second-order valence-electron chi connectivity index (χ2n) is 25.6. The van der Waals surface area contributed by atoms with E-state index in [4.69, 9.17) is 4.74 Å². The van der Waals surface area contributed by atoms with Crippen molar-refractivity contribution in [2.24, 2.45) is 0 Å². The van der Waals surface area contributed by atoms with Crippen LogP contribution in [0.2, 0.25) is 0 Å². The average molecular weight is 1140 g/mol. The van der Waals surface area contributed by atoms with Gasteiger partial charge in [-0.05, 0) is 57.8 Å². The third kappa shape index (κ3) is 67.3. The van der Waals surface area contributed by atoms with Gasteiger partial charge in [-0.25, -0.2) is 0 Å². The molecule has 1 amide bonds. The topological polar surface area (TPSA) is 95.9 Å². The molecule has 0 aliphatic carbocycles. The Morgan fingerprint density at radius 1 is 0.333 bits per heavy atom. The van der Waals surface area contributed by atoms with E-state index >= 15 is 0 Å². The number of hydrogen-bond acceptors (Lipinski definition) is 5. The highest BCUT2D eigenvalue weighted by atomic mass is 16.5. The molecule has 0 fully saturated rings. The Morgan fingerprint density at radius 2 is 0.580 bits per heavy atom. The van der Waals surface area contributed by atoms with Gasteiger partial charge in [0.2, 0.25) is 5.91 Å². The molecule has 3 N–H and O–H groups in total. The Hall–Kier alpha value is -1.66. The summed E-state index contributed by atoms with van der Waals surface area (Å²) in [6, 6.07) is -0.623. The van der Waals surface area contributed by atoms with Crippen molar-refractivity contribution in [1.29, 1.82) is 0 Å². The highest BCUT2D eigenvalue weighted by Crippen LogP contribution is 2.19. The van der Waals surface area contributed by atoms with E-state index in [9.17, 15) is 19.8 Å². The molecule has 480 valence electrons. The summed E-state index contributed by atoms with van der Waals surface area (Å²) < 4.78 is 5.50. The number of carbonyl (C=O) groups excluding carboxylic acids is 2. The fraction of sp³-hybridized carbons (Fsp3) is 0.920. The van der Waals surface area contributed by atoms with Crippen LogP contribution in [-0.4, -0.2) is 47.4 Å². The van der Waals surface area contributed by atoms with Crippen molar-refractivity contribution >= 4 is 11.9 Å². The molecule has 81 heavy (non-hydrogen) atoms. The lowest BCUT2D eigenvalue weighted by molar-refractivity contribution is -0.143. The number of nitrogens with one attached hydrogen (secondary N) is 1. The molecule has 0 bridgehead atoms. The van der Waals surface area contributed by atoms with Gasteiger partial charge in [0.05, 0.1) is 25.4 Å². The summed E-state index contributed by atoms with van der Waals surface area (Å²) in [7, 11) is 0. The van der Waals surface area contributed by atoms with Crippen LogP contribution in [0, 0.1) is 0 Å². The van der Waals surface area contributed by atoms with Crippen LogP contribution in [0.25, 0.3) is 0 Å². The summed E-state index contributed by atoms with van der Waals surface area (Å²) in [5.74, 6) is -0.0378. The zero-order valence-corrected chi connectivity index (χ0v) is 55.0. The van der Waals surface area contributed by atoms with Crippen molar-refractivity contribution < 1.29 is 24.5 Å². The van der Waals surface area contributed by atoms with Crippen molar-refractivity contribution in [3.8, 4) is 0 Å². The summed E-state index contributed by atoms with van der Waals surface area (Å²) in [6.45, 7) is 4.93. The first-order chi connectivity index (χ1) is 40.0. The van der Waals surface area contributed by atoms with Gasteiger partial charge in [-0.2, -0.15) is 0 Å². The van der Waals surface area contributed by atoms with Crippen LogP contribution in [0.3, 0.4) is 0 Å². The van der Waals surface area contributed by atoms with Gasteiger partial charge in [-0.3, -0.25) is 9.59 Å². The predicted octanol–water partition coefficient (Wildman–Crippen LogP) is 24.1. The summed E-state index contributed by atoms with van der Waals surface area (Å²) >= 11 is 0. The monoisotopic (exact) mass is 1140 g/mol. The van der Waals surface area contributed by atoms with Crippen LogP contribution in [0.15, 0.2) is 24.3 Å². The van der Waals surface area contributed by atoms with Crippen LogP contribution in [0.4, 0.5) is 0 Å². The average Bonchev–Trinajstić information content (AvgIpc) is 3.47. The summed E-state index contributed by atoms with van der Waals surface area (Å²) in [5, 5.41) is 23.1. The zero-order valence-electron chi connectivity index (χ0n) is 55.0. The molecule has 0 aromatic rings. The quantitative estimate of drug-likeness (QED) is 0.0320. The highest BCUT2D eigenvalue weighted by Gasteiger charge is 2.18. The van der Waals surface area contributed by atoms with Gasteiger partial charge in [0.15, 0.2) is 0 Å². The number of allylic oxidation sites excluding steroid dienone is 3. The Balaban J connectivity index is 3.30. The van der Waals surface area contributed by atoms with Crippen LogP contribution >= 0.6 is 0 Å². The first-order valence-corrected chi connectivity index (χ1v) is 37.1. The van der Waals surface area contributed by atoms with E-state index in [-0.39, 0.29) is 18.5 Å². The Morgan fingerprint density at radius 3 is 0.877 bits per heavy atom. The minimum atomic E-state index is -0.839. The number of carbonyl (C=O) groups is 2. The van der Waals surface area contributed by atoms with E-state index in [0.717, 1.165) is 38.5 Å². The van der Waals surface area contributed by atoms with Gasteiger partial charge < -0.3 is 20.3 Å². The molecule has 0 saturated heterocycles. The van der Waals surface area contributed by atoms with E-state index in [1.807, 2.05) is 6.08 Å². The summed E-state index contributed by atoms with van der Waals surface area (Å²) in [4.78, 5) is 24.5. The minimum absolute atomic E-state index is 0.0252. The normalized spacial score (nSPS) is 12.6. The third-order valence-corrected chi connectivity index (χ3v) is 17.5. The molecule has 6 heteroatoms. The van der Waals surface area contributed by atoms with Gasteiger partial charge >= 0.3 is 5.97 Å². The number of esters is 1. The molecule has 0 spiro atoms. The fourth-order valence-electron chi connectivity index (χ4n) is 11.8. The number of amides is 1. The number of rotatable bonds is 70. The molecule has 6 nitrogen and oxygen atoms in total. The van der Waals surface area contributed by atoms with E-state index in [1.54, 1.807) is 6.08 Å². The molecule has 0 aliphatic heterocycles. The van der Waals surface area contributed by atoms with Crippen molar-refractivity contribution in [2.75, 3.05) is 13.2 Å². The number of unbranched alkanes of at least 4 members (excludes halogenated alkanes) is 57. The fourth-order valence-corrected chi connectivity index (χ4v) is 11.8. The lowest BCUT2D eigenvalue weighted by Gasteiger charge is -2.20. The summed E-state index contributed by atoms with van der Waals surface area (Å²) in [6.07, 6.45) is 90.2. The second-order valence-corrected chi connectivity index (χ2v) is 25.6. The van der Waals surface area contributed by atoms with Gasteiger partial charge in [-0.1, -0.05) is 372 Å². The van der Waals surface area contributed by atoms with E-state index in [2.05, 4.69) is 31.3 Å². The van der Waals surface area contributed by atoms with Gasteiger partial charge in [0.25, 0.3) is 0 Å². The van der Waals surface area contributed by atoms with Crippen molar-refractivity contribution in [2.45, 2.75) is 431 Å². The Labute approximate surface area is 507 Å². The Kier molecular flexibility index (Phi) is 69.4. The van der Waals surface area contributed by atoms with Crippen LogP contribution in [-0.2, 0) is 14.3 Å². The van der Waals surface area contributed by atoms with Gasteiger partial charge in [0.1, 0.15) is 0 Å². The van der Waals surface area contributed by atoms with Gasteiger partial charge in [0, 0.05) is 12.8 Å². The van der Waals surface area contributed by atoms with Crippen LogP contribution in [0.1, 0.15) is 418 Å². The largest absolute Gasteiger partial charge is 0.466 e. The van der Waals surface area contributed by atoms with Crippen molar-refractivity contribution in [3.05, 3.63) is 24.3 Å². The predicted molar refractivity (Wildman–Crippen MR) is 356 cm³/mol. The molecule has 0 rings (SSSR count). The lowest BCUT2D eigenvalue weighted by Crippen LogP contribution is -2.45. The lowest BCUT2D eigenvalue weighted by atomic mass is 10.0. The molecule has 2 unspecified atom stereocenters. The number of aliphatic hydroxyl groups is 2. The van der Waals surface area contributed by atoms with E-state index < -0.39 is 12.1 Å². The minimum Gasteiger partial charge on any atom is -0.466 e. The first-order valence-electron chi connectivity index (χ1n) is 37.1. The molecule has 0 heterocycles. The number of hydrogen-bond donors (Lipinski definition) is 3. The maximum atomic E-state index is 12.4. The first kappa shape index (κ1) is 79.3.